The van der Waals surface area contributed by atoms with Crippen LogP contribution in [0.4, 0.5) is 0 Å². The van der Waals surface area contributed by atoms with Gasteiger partial charge in [0.15, 0.2) is 0 Å². The van der Waals surface area contributed by atoms with Gasteiger partial charge in [-0.2, -0.15) is 0 Å². The fourth-order valence-electron chi connectivity index (χ4n) is 1.13. The normalized spacial score (nSPS) is 10.5. The number of rotatable bonds is 5. The first-order chi connectivity index (χ1) is 7.34. The molecular formula is C13H16O2. The van der Waals surface area contributed by atoms with Gasteiger partial charge in [0.05, 0.1) is 5.56 Å². The van der Waals surface area contributed by atoms with Gasteiger partial charge in [0.1, 0.15) is 6.61 Å². The first kappa shape index (κ1) is 11.5. The standard InChI is InChI=1S/C13H16O2/c1-2-3-4-8-11-15-13(14)12-9-6-5-7-10-12/h4-10H,2-3,11H2,1H3/b8-4+. The van der Waals surface area contributed by atoms with E-state index in [1.54, 1.807) is 12.1 Å². The summed E-state index contributed by atoms with van der Waals surface area (Å²) in [7, 11) is 0. The lowest BCUT2D eigenvalue weighted by Crippen LogP contribution is -2.04. The lowest BCUT2D eigenvalue weighted by atomic mass is 10.2. The van der Waals surface area contributed by atoms with Crippen molar-refractivity contribution in [3.8, 4) is 0 Å². The number of hydrogen-bond donors (Lipinski definition) is 0. The average molecular weight is 204 g/mol. The molecule has 2 heteroatoms. The molecule has 0 fully saturated rings. The molecular weight excluding hydrogens is 188 g/mol. The van der Waals surface area contributed by atoms with Gasteiger partial charge in [-0.3, -0.25) is 0 Å². The fourth-order valence-corrected chi connectivity index (χ4v) is 1.13. The summed E-state index contributed by atoms with van der Waals surface area (Å²) in [6.45, 7) is 2.47. The van der Waals surface area contributed by atoms with Crippen molar-refractivity contribution in [2.24, 2.45) is 0 Å². The first-order valence-corrected chi connectivity index (χ1v) is 5.21. The van der Waals surface area contributed by atoms with E-state index in [0.717, 1.165) is 12.8 Å². The molecule has 0 saturated heterocycles. The van der Waals surface area contributed by atoms with Gasteiger partial charge in [-0.1, -0.05) is 43.7 Å². The summed E-state index contributed by atoms with van der Waals surface area (Å²) in [6.07, 6.45) is 6.05. The predicted molar refractivity (Wildman–Crippen MR) is 60.8 cm³/mol. The molecule has 0 aromatic heterocycles. The van der Waals surface area contributed by atoms with Crippen molar-refractivity contribution in [2.45, 2.75) is 19.8 Å². The quantitative estimate of drug-likeness (QED) is 0.544. The van der Waals surface area contributed by atoms with Crippen molar-refractivity contribution >= 4 is 5.97 Å². The first-order valence-electron chi connectivity index (χ1n) is 5.21. The Morgan fingerprint density at radius 1 is 1.27 bits per heavy atom. The largest absolute Gasteiger partial charge is 0.458 e. The molecule has 15 heavy (non-hydrogen) atoms. The van der Waals surface area contributed by atoms with E-state index in [0.29, 0.717) is 12.2 Å². The molecule has 0 bridgehead atoms. The van der Waals surface area contributed by atoms with Crippen molar-refractivity contribution in [3.63, 3.8) is 0 Å². The van der Waals surface area contributed by atoms with Gasteiger partial charge < -0.3 is 4.74 Å². The van der Waals surface area contributed by atoms with Crippen LogP contribution in [0.2, 0.25) is 0 Å². The minimum Gasteiger partial charge on any atom is -0.458 e. The lowest BCUT2D eigenvalue weighted by Gasteiger charge is -2.00. The minimum atomic E-state index is -0.267. The molecule has 1 rings (SSSR count). The number of ether oxygens (including phenoxy) is 1. The van der Waals surface area contributed by atoms with Crippen LogP contribution in [0.5, 0.6) is 0 Å². The molecule has 1 aromatic rings. The van der Waals surface area contributed by atoms with E-state index >= 15 is 0 Å². The molecule has 0 aliphatic heterocycles. The van der Waals surface area contributed by atoms with Gasteiger partial charge in [0, 0.05) is 0 Å². The second kappa shape index (κ2) is 6.82. The van der Waals surface area contributed by atoms with Crippen LogP contribution in [0.25, 0.3) is 0 Å². The Morgan fingerprint density at radius 3 is 2.67 bits per heavy atom. The van der Waals surface area contributed by atoms with Crippen molar-refractivity contribution < 1.29 is 9.53 Å². The Morgan fingerprint density at radius 2 is 2.00 bits per heavy atom. The third kappa shape index (κ3) is 4.45. The minimum absolute atomic E-state index is 0.267. The Hall–Kier alpha value is -1.57. The molecule has 0 N–H and O–H groups in total. The molecule has 0 atom stereocenters. The van der Waals surface area contributed by atoms with Gasteiger partial charge in [0.2, 0.25) is 0 Å². The summed E-state index contributed by atoms with van der Waals surface area (Å²) in [6, 6.07) is 9.02. The lowest BCUT2D eigenvalue weighted by molar-refractivity contribution is 0.0549. The average Bonchev–Trinajstić information content (AvgIpc) is 2.30. The number of hydrogen-bond acceptors (Lipinski definition) is 2. The van der Waals surface area contributed by atoms with E-state index in [9.17, 15) is 4.79 Å². The van der Waals surface area contributed by atoms with Gasteiger partial charge in [-0.15, -0.1) is 0 Å². The Labute approximate surface area is 90.6 Å². The zero-order chi connectivity index (χ0) is 10.9. The highest BCUT2D eigenvalue weighted by molar-refractivity contribution is 5.89. The summed E-state index contributed by atoms with van der Waals surface area (Å²) in [5.41, 5.74) is 0.599. The van der Waals surface area contributed by atoms with Gasteiger partial charge in [-0.25, -0.2) is 4.79 Å². The zero-order valence-corrected chi connectivity index (χ0v) is 8.98. The number of esters is 1. The van der Waals surface area contributed by atoms with Crippen LogP contribution in [0.1, 0.15) is 30.1 Å². The summed E-state index contributed by atoms with van der Waals surface area (Å²) >= 11 is 0. The predicted octanol–water partition coefficient (Wildman–Crippen LogP) is 3.20. The van der Waals surface area contributed by atoms with Crippen molar-refractivity contribution in [1.82, 2.24) is 0 Å². The van der Waals surface area contributed by atoms with Crippen LogP contribution in [0.3, 0.4) is 0 Å². The van der Waals surface area contributed by atoms with Gasteiger partial charge >= 0.3 is 5.97 Å². The van der Waals surface area contributed by atoms with E-state index in [1.165, 1.54) is 0 Å². The van der Waals surface area contributed by atoms with Crippen LogP contribution in [-0.4, -0.2) is 12.6 Å². The molecule has 80 valence electrons. The molecule has 0 aliphatic rings. The molecule has 0 spiro atoms. The highest BCUT2D eigenvalue weighted by Gasteiger charge is 2.03. The molecule has 2 nitrogen and oxygen atoms in total. The van der Waals surface area contributed by atoms with E-state index in [4.69, 9.17) is 4.74 Å². The van der Waals surface area contributed by atoms with E-state index in [-0.39, 0.29) is 5.97 Å². The Bertz CT molecular complexity index is 315. The zero-order valence-electron chi connectivity index (χ0n) is 8.98. The second-order valence-electron chi connectivity index (χ2n) is 3.22. The second-order valence-corrected chi connectivity index (χ2v) is 3.22. The third-order valence-corrected chi connectivity index (χ3v) is 1.94. The van der Waals surface area contributed by atoms with Crippen LogP contribution in [0, 0.1) is 0 Å². The van der Waals surface area contributed by atoms with E-state index in [1.807, 2.05) is 30.4 Å². The highest BCUT2D eigenvalue weighted by atomic mass is 16.5. The summed E-state index contributed by atoms with van der Waals surface area (Å²) in [4.78, 5) is 11.4. The van der Waals surface area contributed by atoms with Crippen molar-refractivity contribution in [3.05, 3.63) is 48.0 Å². The number of carbonyl (C=O) groups excluding carboxylic acids is 1. The monoisotopic (exact) mass is 204 g/mol. The van der Waals surface area contributed by atoms with Gasteiger partial charge in [0.25, 0.3) is 0 Å². The molecule has 0 unspecified atom stereocenters. The van der Waals surface area contributed by atoms with E-state index < -0.39 is 0 Å². The third-order valence-electron chi connectivity index (χ3n) is 1.94. The molecule has 0 radical (unpaired) electrons. The van der Waals surface area contributed by atoms with Crippen LogP contribution in [-0.2, 0) is 4.74 Å². The summed E-state index contributed by atoms with van der Waals surface area (Å²) in [5, 5.41) is 0. The smallest absolute Gasteiger partial charge is 0.338 e. The summed E-state index contributed by atoms with van der Waals surface area (Å²) in [5.74, 6) is -0.267. The number of carbonyl (C=O) groups is 1. The number of benzene rings is 1. The number of allylic oxidation sites excluding steroid dienone is 1. The van der Waals surface area contributed by atoms with Crippen molar-refractivity contribution in [2.75, 3.05) is 6.61 Å². The number of unbranched alkanes of at least 4 members (excludes halogenated alkanes) is 1. The van der Waals surface area contributed by atoms with Crippen LogP contribution < -0.4 is 0 Å². The van der Waals surface area contributed by atoms with Crippen molar-refractivity contribution in [1.29, 1.82) is 0 Å². The van der Waals surface area contributed by atoms with Crippen LogP contribution >= 0.6 is 0 Å². The molecule has 0 saturated carbocycles. The Balaban J connectivity index is 2.31. The SMILES string of the molecule is CCC/C=C/COC(=O)c1ccccc1. The molecule has 0 aliphatic carbocycles. The molecule has 0 heterocycles. The van der Waals surface area contributed by atoms with Crippen LogP contribution in [0.15, 0.2) is 42.5 Å². The maximum Gasteiger partial charge on any atom is 0.338 e. The molecule has 1 aromatic carbocycles. The Kier molecular flexibility index (Phi) is 5.23. The molecule has 0 amide bonds. The maximum atomic E-state index is 11.4. The van der Waals surface area contributed by atoms with Gasteiger partial charge in [-0.05, 0) is 18.6 Å². The topological polar surface area (TPSA) is 26.3 Å². The fraction of sp³-hybridized carbons (Fsp3) is 0.308. The maximum absolute atomic E-state index is 11.4. The van der Waals surface area contributed by atoms with E-state index in [2.05, 4.69) is 6.92 Å². The summed E-state index contributed by atoms with van der Waals surface area (Å²) < 4.78 is 5.05. The highest BCUT2D eigenvalue weighted by Crippen LogP contribution is 2.00.